The van der Waals surface area contributed by atoms with Gasteiger partial charge in [-0.1, -0.05) is 42.5 Å². The summed E-state index contributed by atoms with van der Waals surface area (Å²) in [5.74, 6) is -0.223. The van der Waals surface area contributed by atoms with Crippen LogP contribution in [0.3, 0.4) is 0 Å². The van der Waals surface area contributed by atoms with Gasteiger partial charge in [0.25, 0.3) is 0 Å². The summed E-state index contributed by atoms with van der Waals surface area (Å²) < 4.78 is 14.4. The fourth-order valence-corrected chi connectivity index (χ4v) is 5.20. The molecule has 0 saturated carbocycles. The molecule has 4 aromatic rings. The average Bonchev–Trinajstić information content (AvgIpc) is 3.07. The molecule has 1 aliphatic rings. The largest absolute Gasteiger partial charge is 1.00 e. The van der Waals surface area contributed by atoms with Gasteiger partial charge in [0.2, 0.25) is 0 Å². The molecule has 0 N–H and O–H groups in total. The standard InChI is InChI=1S/C23H18FNS.ClH/c24-19-12-6-4-10-16(19)20-14-18(15-8-2-1-3-9-15)22-17-11-5-7-13-21(17)26-23(22)25-20;/h1-4,6,8-10,12,14H,5,7,11,13H2;1H/p-1. The van der Waals surface area contributed by atoms with E-state index in [1.54, 1.807) is 17.4 Å². The second-order valence-corrected chi connectivity index (χ2v) is 7.88. The number of benzene rings is 2. The molecule has 5 rings (SSSR count). The lowest BCUT2D eigenvalue weighted by atomic mass is 9.92. The maximum atomic E-state index is 14.4. The highest BCUT2D eigenvalue weighted by Crippen LogP contribution is 2.42. The third kappa shape index (κ3) is 3.15. The molecule has 0 atom stereocenters. The van der Waals surface area contributed by atoms with Crippen molar-refractivity contribution in [3.63, 3.8) is 0 Å². The smallest absolute Gasteiger partial charge is 0.132 e. The van der Waals surface area contributed by atoms with Crippen LogP contribution in [0.2, 0.25) is 0 Å². The lowest BCUT2D eigenvalue weighted by molar-refractivity contribution is -0.00000557. The fraction of sp³-hybridized carbons (Fsp3) is 0.174. The lowest BCUT2D eigenvalue weighted by Crippen LogP contribution is -3.00. The van der Waals surface area contributed by atoms with Crippen LogP contribution in [0.4, 0.5) is 4.39 Å². The number of aryl methyl sites for hydroxylation is 2. The molecular weight excluding hydrogens is 377 g/mol. The van der Waals surface area contributed by atoms with Gasteiger partial charge in [-0.2, -0.15) is 0 Å². The molecule has 27 heavy (non-hydrogen) atoms. The monoisotopic (exact) mass is 394 g/mol. The van der Waals surface area contributed by atoms with E-state index in [9.17, 15) is 4.39 Å². The third-order valence-electron chi connectivity index (χ3n) is 5.16. The Hall–Kier alpha value is -2.23. The minimum Gasteiger partial charge on any atom is -1.00 e. The summed E-state index contributed by atoms with van der Waals surface area (Å²) in [5.41, 5.74) is 5.09. The summed E-state index contributed by atoms with van der Waals surface area (Å²) in [6.07, 6.45) is 4.75. The third-order valence-corrected chi connectivity index (χ3v) is 6.35. The number of aromatic nitrogens is 1. The van der Waals surface area contributed by atoms with Gasteiger partial charge in [0.05, 0.1) is 5.69 Å². The quantitative estimate of drug-likeness (QED) is 0.505. The van der Waals surface area contributed by atoms with Crippen molar-refractivity contribution in [2.24, 2.45) is 0 Å². The highest BCUT2D eigenvalue weighted by atomic mass is 35.5. The number of hydrogen-bond acceptors (Lipinski definition) is 2. The minimum atomic E-state index is -0.223. The molecule has 0 radical (unpaired) electrons. The van der Waals surface area contributed by atoms with Crippen molar-refractivity contribution in [1.82, 2.24) is 4.98 Å². The Morgan fingerprint density at radius 2 is 1.59 bits per heavy atom. The molecular formula is C23H18ClFNS-. The number of hydrogen-bond donors (Lipinski definition) is 0. The molecule has 0 spiro atoms. The summed E-state index contributed by atoms with van der Waals surface area (Å²) in [7, 11) is 0. The van der Waals surface area contributed by atoms with E-state index in [4.69, 9.17) is 4.98 Å². The lowest BCUT2D eigenvalue weighted by Gasteiger charge is -2.13. The van der Waals surface area contributed by atoms with E-state index >= 15 is 0 Å². The van der Waals surface area contributed by atoms with Gasteiger partial charge in [-0.05, 0) is 60.6 Å². The highest BCUT2D eigenvalue weighted by Gasteiger charge is 2.21. The molecule has 0 unspecified atom stereocenters. The molecule has 2 aromatic carbocycles. The Balaban J connectivity index is 0.00000180. The Labute approximate surface area is 168 Å². The Kier molecular flexibility index (Phi) is 4.98. The number of rotatable bonds is 2. The molecule has 4 heteroatoms. The van der Waals surface area contributed by atoms with Gasteiger partial charge in [0.1, 0.15) is 10.6 Å². The van der Waals surface area contributed by atoms with Crippen molar-refractivity contribution >= 4 is 21.6 Å². The predicted octanol–water partition coefficient (Wildman–Crippen LogP) is 3.65. The molecule has 0 saturated heterocycles. The van der Waals surface area contributed by atoms with Crippen molar-refractivity contribution in [3.8, 4) is 22.4 Å². The van der Waals surface area contributed by atoms with Crippen LogP contribution in [0.5, 0.6) is 0 Å². The van der Waals surface area contributed by atoms with Crippen LogP contribution in [-0.2, 0) is 12.8 Å². The summed E-state index contributed by atoms with van der Waals surface area (Å²) in [4.78, 5) is 7.37. The SMILES string of the molecule is Fc1ccccc1-c1cc(-c2ccccc2)c2c3c(sc2n1)CCCC3.[Cl-]. The van der Waals surface area contributed by atoms with Gasteiger partial charge in [-0.15, -0.1) is 11.3 Å². The van der Waals surface area contributed by atoms with Gasteiger partial charge in [0.15, 0.2) is 0 Å². The molecule has 2 heterocycles. The van der Waals surface area contributed by atoms with Gasteiger partial charge < -0.3 is 12.4 Å². The second kappa shape index (κ2) is 7.41. The molecule has 0 fully saturated rings. The zero-order valence-corrected chi connectivity index (χ0v) is 16.3. The first kappa shape index (κ1) is 18.1. The fourth-order valence-electron chi connectivity index (χ4n) is 3.91. The van der Waals surface area contributed by atoms with Gasteiger partial charge in [0, 0.05) is 15.8 Å². The van der Waals surface area contributed by atoms with E-state index in [0.717, 1.165) is 17.7 Å². The maximum Gasteiger partial charge on any atom is 0.132 e. The van der Waals surface area contributed by atoms with Crippen LogP contribution in [0.25, 0.3) is 32.6 Å². The molecule has 136 valence electrons. The minimum absolute atomic E-state index is 0. The average molecular weight is 395 g/mol. The van der Waals surface area contributed by atoms with Crippen LogP contribution in [0.1, 0.15) is 23.3 Å². The van der Waals surface area contributed by atoms with E-state index in [0.29, 0.717) is 11.3 Å². The van der Waals surface area contributed by atoms with Crippen LogP contribution >= 0.6 is 11.3 Å². The summed E-state index contributed by atoms with van der Waals surface area (Å²) in [6, 6.07) is 19.4. The van der Waals surface area contributed by atoms with Crippen LogP contribution in [0.15, 0.2) is 60.7 Å². The first-order valence-corrected chi connectivity index (χ1v) is 9.88. The van der Waals surface area contributed by atoms with Crippen molar-refractivity contribution in [2.75, 3.05) is 0 Å². The molecule has 0 aliphatic heterocycles. The van der Waals surface area contributed by atoms with Crippen molar-refractivity contribution in [3.05, 3.63) is 76.9 Å². The first-order chi connectivity index (χ1) is 12.8. The number of halogens is 2. The van der Waals surface area contributed by atoms with Crippen LogP contribution in [-0.4, -0.2) is 4.98 Å². The highest BCUT2D eigenvalue weighted by molar-refractivity contribution is 7.19. The van der Waals surface area contributed by atoms with Crippen LogP contribution < -0.4 is 12.4 Å². The van der Waals surface area contributed by atoms with Crippen LogP contribution in [0, 0.1) is 5.82 Å². The number of fused-ring (bicyclic) bond motifs is 3. The van der Waals surface area contributed by atoms with Crippen molar-refractivity contribution in [2.45, 2.75) is 25.7 Å². The summed E-state index contributed by atoms with van der Waals surface area (Å²) >= 11 is 1.79. The molecule has 2 aromatic heterocycles. The van der Waals surface area contributed by atoms with E-state index in [-0.39, 0.29) is 18.2 Å². The Morgan fingerprint density at radius 3 is 2.41 bits per heavy atom. The summed E-state index contributed by atoms with van der Waals surface area (Å²) in [5, 5.41) is 1.27. The van der Waals surface area contributed by atoms with E-state index in [1.807, 2.05) is 18.2 Å². The predicted molar refractivity (Wildman–Crippen MR) is 107 cm³/mol. The zero-order valence-electron chi connectivity index (χ0n) is 14.7. The van der Waals surface area contributed by atoms with E-state index in [1.165, 1.54) is 45.9 Å². The van der Waals surface area contributed by atoms with Crippen molar-refractivity contribution < 1.29 is 16.8 Å². The molecule has 0 bridgehead atoms. The zero-order chi connectivity index (χ0) is 17.5. The second-order valence-electron chi connectivity index (χ2n) is 6.79. The number of nitrogens with zero attached hydrogens (tertiary/aromatic N) is 1. The Morgan fingerprint density at radius 1 is 0.852 bits per heavy atom. The van der Waals surface area contributed by atoms with Gasteiger partial charge in [-0.3, -0.25) is 0 Å². The topological polar surface area (TPSA) is 12.9 Å². The van der Waals surface area contributed by atoms with E-state index < -0.39 is 0 Å². The number of pyridine rings is 1. The molecule has 1 nitrogen and oxygen atoms in total. The van der Waals surface area contributed by atoms with Crippen molar-refractivity contribution in [1.29, 1.82) is 0 Å². The number of thiophene rings is 1. The maximum absolute atomic E-state index is 14.4. The van der Waals surface area contributed by atoms with E-state index in [2.05, 4.69) is 30.3 Å². The normalized spacial score (nSPS) is 13.2. The molecule has 1 aliphatic carbocycles. The van der Waals surface area contributed by atoms with Gasteiger partial charge in [-0.25, -0.2) is 9.37 Å². The molecule has 0 amide bonds. The van der Waals surface area contributed by atoms with Gasteiger partial charge >= 0.3 is 0 Å². The summed E-state index contributed by atoms with van der Waals surface area (Å²) in [6.45, 7) is 0. The Bertz CT molecular complexity index is 1100. The first-order valence-electron chi connectivity index (χ1n) is 9.07.